The van der Waals surface area contributed by atoms with Crippen molar-refractivity contribution in [1.82, 2.24) is 0 Å². The minimum absolute atomic E-state index is 0.735. The van der Waals surface area contributed by atoms with Crippen molar-refractivity contribution in [1.29, 1.82) is 5.26 Å². The first-order chi connectivity index (χ1) is 6.90. The zero-order chi connectivity index (χ0) is 9.80. The van der Waals surface area contributed by atoms with Crippen LogP contribution in [0.1, 0.15) is 10.4 Å². The van der Waals surface area contributed by atoms with E-state index in [0.29, 0.717) is 0 Å². The lowest BCUT2D eigenvalue weighted by molar-refractivity contribution is 1.54. The second-order valence-corrected chi connectivity index (χ2v) is 4.43. The lowest BCUT2D eigenvalue weighted by Crippen LogP contribution is -1.73. The molecule has 0 aliphatic heterocycles. The third kappa shape index (κ3) is 1.92. The second-order valence-electron chi connectivity index (χ2n) is 2.70. The number of allylic oxidation sites excluding steroid dienone is 1. The maximum atomic E-state index is 8.99. The molecule has 2 aromatic rings. The molecule has 0 aliphatic rings. The van der Waals surface area contributed by atoms with Gasteiger partial charge in [-0.1, -0.05) is 6.07 Å². The van der Waals surface area contributed by atoms with Crippen LogP contribution in [0.3, 0.4) is 0 Å². The molecule has 0 aliphatic carbocycles. The number of nitriles is 1. The summed E-state index contributed by atoms with van der Waals surface area (Å²) in [6, 6.07) is 8.15. The number of thiophene rings is 2. The third-order valence-corrected chi connectivity index (χ3v) is 3.37. The van der Waals surface area contributed by atoms with Gasteiger partial charge < -0.3 is 0 Å². The van der Waals surface area contributed by atoms with Crippen molar-refractivity contribution in [3.63, 3.8) is 0 Å². The van der Waals surface area contributed by atoms with Gasteiger partial charge in [0, 0.05) is 4.88 Å². The third-order valence-electron chi connectivity index (χ3n) is 1.76. The van der Waals surface area contributed by atoms with E-state index in [2.05, 4.69) is 6.07 Å². The summed E-state index contributed by atoms with van der Waals surface area (Å²) in [4.78, 5) is 1.03. The van der Waals surface area contributed by atoms with Crippen LogP contribution in [0.25, 0.3) is 11.6 Å². The summed E-state index contributed by atoms with van der Waals surface area (Å²) in [7, 11) is 0. The van der Waals surface area contributed by atoms with Crippen LogP contribution in [0.5, 0.6) is 0 Å². The van der Waals surface area contributed by atoms with E-state index in [4.69, 9.17) is 5.26 Å². The first-order valence-corrected chi connectivity index (χ1v) is 5.90. The minimum atomic E-state index is 0.735. The molecule has 0 fully saturated rings. The molecule has 14 heavy (non-hydrogen) atoms. The van der Waals surface area contributed by atoms with Gasteiger partial charge in [-0.3, -0.25) is 0 Å². The van der Waals surface area contributed by atoms with Crippen LogP contribution < -0.4 is 0 Å². The van der Waals surface area contributed by atoms with Gasteiger partial charge in [-0.2, -0.15) is 16.6 Å². The van der Waals surface area contributed by atoms with Gasteiger partial charge in [0.05, 0.1) is 5.57 Å². The van der Waals surface area contributed by atoms with Gasteiger partial charge >= 0.3 is 0 Å². The van der Waals surface area contributed by atoms with Crippen LogP contribution in [0.2, 0.25) is 0 Å². The van der Waals surface area contributed by atoms with Crippen LogP contribution >= 0.6 is 22.7 Å². The molecular formula is C11H7NS2. The van der Waals surface area contributed by atoms with Crippen molar-refractivity contribution < 1.29 is 0 Å². The number of rotatable bonds is 2. The predicted octanol–water partition coefficient (Wildman–Crippen LogP) is 3.87. The molecule has 0 unspecified atom stereocenters. The van der Waals surface area contributed by atoms with E-state index in [1.54, 1.807) is 22.7 Å². The van der Waals surface area contributed by atoms with Crippen LogP contribution in [0, 0.1) is 11.3 Å². The Balaban J connectivity index is 2.37. The van der Waals surface area contributed by atoms with Gasteiger partial charge in [0.25, 0.3) is 0 Å². The molecule has 2 rings (SSSR count). The molecule has 2 aromatic heterocycles. The van der Waals surface area contributed by atoms with Crippen molar-refractivity contribution in [2.45, 2.75) is 0 Å². The molecule has 0 bridgehead atoms. The van der Waals surface area contributed by atoms with Crippen LogP contribution in [-0.2, 0) is 0 Å². The summed E-state index contributed by atoms with van der Waals surface area (Å²) in [5.74, 6) is 0. The Morgan fingerprint density at radius 2 is 2.29 bits per heavy atom. The summed E-state index contributed by atoms with van der Waals surface area (Å²) < 4.78 is 0. The number of nitrogens with zero attached hydrogens (tertiary/aromatic N) is 1. The van der Waals surface area contributed by atoms with E-state index in [1.165, 1.54) is 0 Å². The molecule has 0 N–H and O–H groups in total. The Kier molecular flexibility index (Phi) is 2.78. The lowest BCUT2D eigenvalue weighted by atomic mass is 10.2. The van der Waals surface area contributed by atoms with E-state index in [1.807, 2.05) is 40.4 Å². The molecule has 0 saturated carbocycles. The number of hydrogen-bond acceptors (Lipinski definition) is 3. The zero-order valence-electron chi connectivity index (χ0n) is 7.31. The molecule has 68 valence electrons. The molecule has 0 atom stereocenters. The van der Waals surface area contributed by atoms with Crippen molar-refractivity contribution in [2.75, 3.05) is 0 Å². The second kappa shape index (κ2) is 4.23. The fourth-order valence-corrected chi connectivity index (χ4v) is 2.42. The normalized spacial score (nSPS) is 11.2. The Morgan fingerprint density at radius 3 is 2.86 bits per heavy atom. The molecule has 1 nitrogen and oxygen atoms in total. The van der Waals surface area contributed by atoms with E-state index >= 15 is 0 Å². The topological polar surface area (TPSA) is 23.8 Å². The molecular weight excluding hydrogens is 210 g/mol. The van der Waals surface area contributed by atoms with Crippen LogP contribution in [0.4, 0.5) is 0 Å². The fraction of sp³-hybridized carbons (Fsp3) is 0. The van der Waals surface area contributed by atoms with Crippen molar-refractivity contribution in [3.8, 4) is 6.07 Å². The standard InChI is InChI=1S/C11H7NS2/c12-7-10(11-2-1-4-14-11)6-9-3-5-13-8-9/h1-6,8H. The van der Waals surface area contributed by atoms with Crippen molar-refractivity contribution in [2.24, 2.45) is 0 Å². The molecule has 2 heterocycles. The van der Waals surface area contributed by atoms with E-state index in [-0.39, 0.29) is 0 Å². The average molecular weight is 217 g/mol. The highest BCUT2D eigenvalue weighted by Crippen LogP contribution is 2.22. The smallest absolute Gasteiger partial charge is 0.101 e. The van der Waals surface area contributed by atoms with Gasteiger partial charge in [-0.05, 0) is 39.9 Å². The van der Waals surface area contributed by atoms with E-state index in [0.717, 1.165) is 16.0 Å². The Labute approximate surface area is 90.6 Å². The Hall–Kier alpha value is -1.37. The maximum absolute atomic E-state index is 8.99. The molecule has 0 aromatic carbocycles. The SMILES string of the molecule is N#CC(=Cc1ccsc1)c1cccs1. The highest BCUT2D eigenvalue weighted by atomic mass is 32.1. The Morgan fingerprint density at radius 1 is 1.36 bits per heavy atom. The quantitative estimate of drug-likeness (QED) is 0.700. The summed E-state index contributed by atoms with van der Waals surface area (Å²) in [6.07, 6.45) is 1.92. The van der Waals surface area contributed by atoms with E-state index < -0.39 is 0 Å². The molecule has 3 heteroatoms. The molecule has 0 spiro atoms. The van der Waals surface area contributed by atoms with Gasteiger partial charge in [0.1, 0.15) is 6.07 Å². The summed E-state index contributed by atoms with van der Waals surface area (Å²) in [5.41, 5.74) is 1.83. The first-order valence-electron chi connectivity index (χ1n) is 4.08. The molecule has 0 radical (unpaired) electrons. The predicted molar refractivity (Wildman–Crippen MR) is 62.1 cm³/mol. The lowest BCUT2D eigenvalue weighted by Gasteiger charge is -1.91. The monoisotopic (exact) mass is 217 g/mol. The number of hydrogen-bond donors (Lipinski definition) is 0. The van der Waals surface area contributed by atoms with Gasteiger partial charge in [-0.15, -0.1) is 11.3 Å². The van der Waals surface area contributed by atoms with Gasteiger partial charge in [0.15, 0.2) is 0 Å². The summed E-state index contributed by atoms with van der Waals surface area (Å²) in [5, 5.41) is 15.0. The summed E-state index contributed by atoms with van der Waals surface area (Å²) >= 11 is 3.23. The van der Waals surface area contributed by atoms with Gasteiger partial charge in [-0.25, -0.2) is 0 Å². The molecule has 0 saturated heterocycles. The Bertz CT molecular complexity index is 458. The molecule has 0 amide bonds. The van der Waals surface area contributed by atoms with Crippen molar-refractivity contribution in [3.05, 3.63) is 44.8 Å². The largest absolute Gasteiger partial charge is 0.192 e. The van der Waals surface area contributed by atoms with Crippen molar-refractivity contribution >= 4 is 34.3 Å². The van der Waals surface area contributed by atoms with Crippen LogP contribution in [0.15, 0.2) is 34.3 Å². The maximum Gasteiger partial charge on any atom is 0.101 e. The minimum Gasteiger partial charge on any atom is -0.192 e. The van der Waals surface area contributed by atoms with Gasteiger partial charge in [0.2, 0.25) is 0 Å². The fourth-order valence-electron chi connectivity index (χ4n) is 1.11. The van der Waals surface area contributed by atoms with E-state index in [9.17, 15) is 0 Å². The highest BCUT2D eigenvalue weighted by Gasteiger charge is 2.01. The average Bonchev–Trinajstić information content (AvgIpc) is 2.86. The zero-order valence-corrected chi connectivity index (χ0v) is 8.94. The summed E-state index contributed by atoms with van der Waals surface area (Å²) in [6.45, 7) is 0. The first kappa shape index (κ1) is 9.20. The van der Waals surface area contributed by atoms with Crippen LogP contribution in [-0.4, -0.2) is 0 Å². The highest BCUT2D eigenvalue weighted by molar-refractivity contribution is 7.11.